The molecule has 0 N–H and O–H groups in total. The molecule has 1 amide bonds. The fraction of sp³-hybridized carbons (Fsp3) is 0.526. The Labute approximate surface area is 148 Å². The van der Waals surface area contributed by atoms with Gasteiger partial charge in [-0.25, -0.2) is 0 Å². The predicted octanol–water partition coefficient (Wildman–Crippen LogP) is 1.95. The molecule has 2 fully saturated rings. The molecule has 0 unspecified atom stereocenters. The Morgan fingerprint density at radius 2 is 2.20 bits per heavy atom. The van der Waals surface area contributed by atoms with Crippen molar-refractivity contribution in [1.82, 2.24) is 24.6 Å². The maximum Gasteiger partial charge on any atom is 0.257 e. The lowest BCUT2D eigenvalue weighted by molar-refractivity contribution is -0.0428. The Bertz CT molecular complexity index is 756. The largest absolute Gasteiger partial charge is 0.337 e. The summed E-state index contributed by atoms with van der Waals surface area (Å²) in [7, 11) is 0. The van der Waals surface area contributed by atoms with Gasteiger partial charge >= 0.3 is 0 Å². The van der Waals surface area contributed by atoms with Gasteiger partial charge in [-0.15, -0.1) is 0 Å². The average Bonchev–Trinajstić information content (AvgIpc) is 3.00. The van der Waals surface area contributed by atoms with Gasteiger partial charge in [-0.05, 0) is 37.8 Å². The van der Waals surface area contributed by atoms with Gasteiger partial charge in [0.15, 0.2) is 0 Å². The highest BCUT2D eigenvalue weighted by molar-refractivity contribution is 5.95. The number of amides is 1. The van der Waals surface area contributed by atoms with E-state index in [9.17, 15) is 4.79 Å². The van der Waals surface area contributed by atoms with Crippen LogP contribution in [-0.4, -0.2) is 56.1 Å². The number of carbonyl (C=O) groups is 1. The molecule has 0 saturated carbocycles. The second-order valence-electron chi connectivity index (χ2n) is 7.12. The highest BCUT2D eigenvalue weighted by atomic mass is 16.2. The zero-order valence-electron chi connectivity index (χ0n) is 14.9. The number of hydrogen-bond acceptors (Lipinski definition) is 4. The highest BCUT2D eigenvalue weighted by Crippen LogP contribution is 2.34. The number of pyridine rings is 1. The summed E-state index contributed by atoms with van der Waals surface area (Å²) in [4.78, 5) is 21.6. The number of aryl methyl sites for hydroxylation is 1. The van der Waals surface area contributed by atoms with Crippen LogP contribution in [0.1, 0.15) is 35.0 Å². The van der Waals surface area contributed by atoms with Gasteiger partial charge < -0.3 is 4.90 Å². The van der Waals surface area contributed by atoms with Gasteiger partial charge in [-0.3, -0.25) is 19.4 Å². The second kappa shape index (κ2) is 6.59. The Kier molecular flexibility index (Phi) is 4.29. The molecule has 132 valence electrons. The normalized spacial score (nSPS) is 23.2. The van der Waals surface area contributed by atoms with Gasteiger partial charge in [-0.1, -0.05) is 6.07 Å². The topological polar surface area (TPSA) is 54.3 Å². The molecule has 2 aromatic rings. The summed E-state index contributed by atoms with van der Waals surface area (Å²) in [5.74, 6) is 0.851. The van der Waals surface area contributed by atoms with Crippen LogP contribution >= 0.6 is 0 Å². The number of piperidine rings is 1. The van der Waals surface area contributed by atoms with Crippen LogP contribution < -0.4 is 0 Å². The minimum Gasteiger partial charge on any atom is -0.337 e. The van der Waals surface area contributed by atoms with E-state index in [4.69, 9.17) is 0 Å². The fourth-order valence-electron chi connectivity index (χ4n) is 4.14. The minimum absolute atomic E-state index is 0.129. The van der Waals surface area contributed by atoms with Crippen LogP contribution in [0.15, 0.2) is 30.7 Å². The van der Waals surface area contributed by atoms with E-state index in [1.807, 2.05) is 41.9 Å². The quantitative estimate of drug-likeness (QED) is 0.854. The number of fused-ring (bicyclic) bond motifs is 1. The van der Waals surface area contributed by atoms with E-state index in [0.717, 1.165) is 56.3 Å². The van der Waals surface area contributed by atoms with Gasteiger partial charge in [0, 0.05) is 56.9 Å². The number of carbonyl (C=O) groups excluding carboxylic acids is 1. The van der Waals surface area contributed by atoms with Crippen LogP contribution in [0.5, 0.6) is 0 Å². The molecule has 6 nitrogen and oxygen atoms in total. The van der Waals surface area contributed by atoms with Gasteiger partial charge in [-0.2, -0.15) is 5.10 Å². The third-order valence-electron chi connectivity index (χ3n) is 5.69. The van der Waals surface area contributed by atoms with Crippen molar-refractivity contribution in [1.29, 1.82) is 0 Å². The summed E-state index contributed by atoms with van der Waals surface area (Å²) in [6.45, 7) is 8.55. The van der Waals surface area contributed by atoms with Crippen molar-refractivity contribution in [3.05, 3.63) is 47.5 Å². The van der Waals surface area contributed by atoms with E-state index in [1.165, 1.54) is 5.56 Å². The summed E-state index contributed by atoms with van der Waals surface area (Å²) >= 11 is 0. The van der Waals surface area contributed by atoms with Crippen LogP contribution in [0.3, 0.4) is 0 Å². The Morgan fingerprint density at radius 1 is 1.32 bits per heavy atom. The molecular formula is C19H25N5O. The SMILES string of the molecule is CCn1ncc(C(=O)N2CC[C@@H]3CN(Cc4cccnc4)[C@@H]3C2)c1C. The molecule has 6 heteroatoms. The van der Waals surface area contributed by atoms with E-state index in [-0.39, 0.29) is 5.91 Å². The van der Waals surface area contributed by atoms with Crippen LogP contribution in [0.4, 0.5) is 0 Å². The van der Waals surface area contributed by atoms with Crippen molar-refractivity contribution in [3.63, 3.8) is 0 Å². The Hall–Kier alpha value is -2.21. The first-order valence-electron chi connectivity index (χ1n) is 9.12. The number of aromatic nitrogens is 3. The number of rotatable bonds is 4. The number of nitrogens with zero attached hydrogens (tertiary/aromatic N) is 5. The molecule has 25 heavy (non-hydrogen) atoms. The molecule has 2 saturated heterocycles. The van der Waals surface area contributed by atoms with E-state index in [2.05, 4.69) is 21.0 Å². The van der Waals surface area contributed by atoms with Crippen LogP contribution in [0.2, 0.25) is 0 Å². The Balaban J connectivity index is 1.43. The molecule has 4 rings (SSSR count). The molecular weight excluding hydrogens is 314 g/mol. The van der Waals surface area contributed by atoms with Crippen LogP contribution in [0, 0.1) is 12.8 Å². The molecule has 0 bridgehead atoms. The lowest BCUT2D eigenvalue weighted by Gasteiger charge is -2.53. The van der Waals surface area contributed by atoms with Crippen molar-refractivity contribution in [2.45, 2.75) is 39.4 Å². The average molecular weight is 339 g/mol. The maximum atomic E-state index is 12.9. The third-order valence-corrected chi connectivity index (χ3v) is 5.69. The first-order valence-corrected chi connectivity index (χ1v) is 9.12. The molecule has 2 aromatic heterocycles. The molecule has 2 aliphatic rings. The minimum atomic E-state index is 0.129. The van der Waals surface area contributed by atoms with Crippen LogP contribution in [-0.2, 0) is 13.1 Å². The van der Waals surface area contributed by atoms with Crippen molar-refractivity contribution >= 4 is 5.91 Å². The molecule has 0 spiro atoms. The molecule has 0 aromatic carbocycles. The molecule has 0 radical (unpaired) electrons. The number of hydrogen-bond donors (Lipinski definition) is 0. The van der Waals surface area contributed by atoms with E-state index >= 15 is 0 Å². The Morgan fingerprint density at radius 3 is 2.92 bits per heavy atom. The molecule has 4 heterocycles. The first-order chi connectivity index (χ1) is 12.2. The highest BCUT2D eigenvalue weighted by Gasteiger charge is 2.43. The van der Waals surface area contributed by atoms with E-state index in [0.29, 0.717) is 6.04 Å². The van der Waals surface area contributed by atoms with Crippen molar-refractivity contribution < 1.29 is 4.79 Å². The van der Waals surface area contributed by atoms with Gasteiger partial charge in [0.05, 0.1) is 11.8 Å². The van der Waals surface area contributed by atoms with Gasteiger partial charge in [0.25, 0.3) is 5.91 Å². The van der Waals surface area contributed by atoms with E-state index in [1.54, 1.807) is 6.20 Å². The van der Waals surface area contributed by atoms with Crippen molar-refractivity contribution in [2.75, 3.05) is 19.6 Å². The lowest BCUT2D eigenvalue weighted by atomic mass is 9.82. The van der Waals surface area contributed by atoms with Gasteiger partial charge in [0.2, 0.25) is 0 Å². The summed E-state index contributed by atoms with van der Waals surface area (Å²) < 4.78 is 1.89. The maximum absolute atomic E-state index is 12.9. The monoisotopic (exact) mass is 339 g/mol. The smallest absolute Gasteiger partial charge is 0.257 e. The van der Waals surface area contributed by atoms with Crippen molar-refractivity contribution in [2.24, 2.45) is 5.92 Å². The molecule has 2 aliphatic heterocycles. The zero-order valence-corrected chi connectivity index (χ0v) is 14.9. The van der Waals surface area contributed by atoms with Gasteiger partial charge in [0.1, 0.15) is 0 Å². The van der Waals surface area contributed by atoms with Crippen LogP contribution in [0.25, 0.3) is 0 Å². The summed E-state index contributed by atoms with van der Waals surface area (Å²) in [6.07, 6.45) is 6.56. The summed E-state index contributed by atoms with van der Waals surface area (Å²) in [5, 5.41) is 4.32. The molecule has 0 aliphatic carbocycles. The molecule has 2 atom stereocenters. The standard InChI is InChI=1S/C19H25N5O/c1-3-24-14(2)17(10-21-24)19(25)22-8-6-16-12-23(18(16)13-22)11-15-5-4-7-20-9-15/h4-5,7,9-10,16,18H,3,6,8,11-13H2,1-2H3/t16-,18-/m1/s1. The predicted molar refractivity (Wildman–Crippen MR) is 95.1 cm³/mol. The first kappa shape index (κ1) is 16.3. The lowest BCUT2D eigenvalue weighted by Crippen LogP contribution is -2.64. The fourth-order valence-corrected chi connectivity index (χ4v) is 4.14. The van der Waals surface area contributed by atoms with Crippen molar-refractivity contribution in [3.8, 4) is 0 Å². The number of likely N-dealkylation sites (tertiary alicyclic amines) is 2. The zero-order chi connectivity index (χ0) is 17.4. The third kappa shape index (κ3) is 2.95. The van der Waals surface area contributed by atoms with E-state index < -0.39 is 0 Å². The summed E-state index contributed by atoms with van der Waals surface area (Å²) in [6, 6.07) is 4.57. The summed E-state index contributed by atoms with van der Waals surface area (Å²) in [5.41, 5.74) is 2.96. The second-order valence-corrected chi connectivity index (χ2v) is 7.12.